The van der Waals surface area contributed by atoms with E-state index >= 15 is 0 Å². The van der Waals surface area contributed by atoms with Crippen molar-refractivity contribution < 1.29 is 32.7 Å². The molecule has 0 bridgehead atoms. The molecule has 1 aliphatic rings. The van der Waals surface area contributed by atoms with E-state index in [-0.39, 0.29) is 5.91 Å². The number of hydrogen-bond donors (Lipinski definition) is 3. The molecule has 1 unspecified atom stereocenters. The molecule has 0 radical (unpaired) electrons. The van der Waals surface area contributed by atoms with E-state index in [1.807, 2.05) is 12.1 Å². The summed E-state index contributed by atoms with van der Waals surface area (Å²) in [4.78, 5) is 37.3. The van der Waals surface area contributed by atoms with Crippen LogP contribution in [-0.4, -0.2) is 58.6 Å². The van der Waals surface area contributed by atoms with Crippen molar-refractivity contribution in [3.8, 4) is 0 Å². The number of amides is 2. The van der Waals surface area contributed by atoms with Crippen molar-refractivity contribution in [2.24, 2.45) is 11.7 Å². The fourth-order valence-corrected chi connectivity index (χ4v) is 2.03. The first-order chi connectivity index (χ1) is 11.6. The molecule has 0 saturated carbocycles. The lowest BCUT2D eigenvalue weighted by atomic mass is 10.1. The number of hydrogen-bond acceptors (Lipinski definition) is 5. The average molecular weight is 362 g/mol. The van der Waals surface area contributed by atoms with Gasteiger partial charge < -0.3 is 21.1 Å². The normalized spacial score (nSPS) is 16.8. The van der Waals surface area contributed by atoms with Crippen molar-refractivity contribution in [1.29, 1.82) is 0 Å². The number of nitrogens with two attached hydrogens (primary N) is 1. The Morgan fingerprint density at radius 3 is 2.36 bits per heavy atom. The molecule has 1 atom stereocenters. The van der Waals surface area contributed by atoms with Crippen molar-refractivity contribution in [3.63, 3.8) is 0 Å². The predicted molar refractivity (Wildman–Crippen MR) is 80.3 cm³/mol. The van der Waals surface area contributed by atoms with E-state index in [9.17, 15) is 22.8 Å². The number of halogens is 3. The van der Waals surface area contributed by atoms with Crippen molar-refractivity contribution in [1.82, 2.24) is 9.88 Å². The minimum Gasteiger partial charge on any atom is -0.475 e. The molecule has 4 N–H and O–H groups in total. The molecule has 2 amide bonds. The highest BCUT2D eigenvalue weighted by atomic mass is 19.4. The number of carbonyl (C=O) groups excluding carboxylic acids is 2. The van der Waals surface area contributed by atoms with Gasteiger partial charge in [-0.05, 0) is 18.6 Å². The third-order valence-corrected chi connectivity index (χ3v) is 3.27. The molecule has 11 heteroatoms. The first kappa shape index (κ1) is 20.2. The van der Waals surface area contributed by atoms with Gasteiger partial charge >= 0.3 is 12.1 Å². The Bertz CT molecular complexity index is 610. The van der Waals surface area contributed by atoms with Crippen LogP contribution in [0.25, 0.3) is 0 Å². The highest BCUT2D eigenvalue weighted by Gasteiger charge is 2.38. The van der Waals surface area contributed by atoms with Crippen molar-refractivity contribution in [2.75, 3.05) is 25.0 Å². The molecule has 8 nitrogen and oxygen atoms in total. The summed E-state index contributed by atoms with van der Waals surface area (Å²) >= 11 is 0. The highest BCUT2D eigenvalue weighted by Crippen LogP contribution is 2.17. The maximum absolute atomic E-state index is 11.8. The summed E-state index contributed by atoms with van der Waals surface area (Å²) < 4.78 is 31.7. The van der Waals surface area contributed by atoms with E-state index in [0.717, 1.165) is 5.69 Å². The van der Waals surface area contributed by atoms with Crippen LogP contribution in [0.5, 0.6) is 0 Å². The standard InChI is InChI=1S/C12H16N4O2.C2HF3O2/c13-11(17)10-3-7-16(12(10)18)8-6-15-9-1-4-14-5-2-9;3-2(4,5)1(6)7/h1-2,4-5,10H,3,6-8H2,(H2,13,17)(H,14,15);(H,6,7). The number of nitrogens with one attached hydrogen (secondary N) is 1. The number of carbonyl (C=O) groups is 3. The SMILES string of the molecule is NC(=O)C1CCN(CCNc2ccncc2)C1=O.O=C(O)C(F)(F)F. The number of aromatic nitrogens is 1. The number of aliphatic carboxylic acids is 1. The molecule has 1 aliphatic heterocycles. The number of carboxylic acid groups (broad SMARTS) is 1. The third-order valence-electron chi connectivity index (χ3n) is 3.27. The van der Waals surface area contributed by atoms with Crippen LogP contribution in [0.3, 0.4) is 0 Å². The van der Waals surface area contributed by atoms with E-state index in [2.05, 4.69) is 10.3 Å². The Labute approximate surface area is 140 Å². The zero-order valence-electron chi connectivity index (χ0n) is 13.0. The number of alkyl halides is 3. The predicted octanol–water partition coefficient (Wildman–Crippen LogP) is 0.461. The minimum absolute atomic E-state index is 0.154. The topological polar surface area (TPSA) is 126 Å². The van der Waals surface area contributed by atoms with Gasteiger partial charge in [0, 0.05) is 37.7 Å². The van der Waals surface area contributed by atoms with Gasteiger partial charge in [-0.15, -0.1) is 0 Å². The van der Waals surface area contributed by atoms with Crippen LogP contribution in [0.2, 0.25) is 0 Å². The number of carboxylic acids is 1. The van der Waals surface area contributed by atoms with Crippen molar-refractivity contribution in [3.05, 3.63) is 24.5 Å². The Morgan fingerprint density at radius 2 is 1.92 bits per heavy atom. The lowest BCUT2D eigenvalue weighted by Crippen LogP contribution is -2.35. The molecule has 2 heterocycles. The van der Waals surface area contributed by atoms with Gasteiger partial charge in [0.25, 0.3) is 0 Å². The molecular formula is C14H17F3N4O4. The molecule has 0 aromatic carbocycles. The van der Waals surface area contributed by atoms with Gasteiger partial charge in [-0.25, -0.2) is 4.79 Å². The van der Waals surface area contributed by atoms with Gasteiger partial charge in [-0.3, -0.25) is 14.6 Å². The van der Waals surface area contributed by atoms with Gasteiger partial charge in [-0.2, -0.15) is 13.2 Å². The number of likely N-dealkylation sites (tertiary alicyclic amines) is 1. The molecule has 0 aliphatic carbocycles. The van der Waals surface area contributed by atoms with Crippen LogP contribution < -0.4 is 11.1 Å². The second-order valence-corrected chi connectivity index (χ2v) is 5.03. The summed E-state index contributed by atoms with van der Waals surface area (Å²) in [5, 5.41) is 10.3. The van der Waals surface area contributed by atoms with Crippen LogP contribution in [0.1, 0.15) is 6.42 Å². The number of primary amides is 1. The average Bonchev–Trinajstić information content (AvgIpc) is 2.89. The van der Waals surface area contributed by atoms with Crippen LogP contribution in [0.4, 0.5) is 18.9 Å². The van der Waals surface area contributed by atoms with Crippen LogP contribution in [-0.2, 0) is 14.4 Å². The zero-order chi connectivity index (χ0) is 19.0. The minimum atomic E-state index is -5.08. The second kappa shape index (κ2) is 8.85. The van der Waals surface area contributed by atoms with E-state index < -0.39 is 24.0 Å². The lowest BCUT2D eigenvalue weighted by molar-refractivity contribution is -0.192. The zero-order valence-corrected chi connectivity index (χ0v) is 13.0. The second-order valence-electron chi connectivity index (χ2n) is 5.03. The van der Waals surface area contributed by atoms with Gasteiger partial charge in [0.2, 0.25) is 11.8 Å². The van der Waals surface area contributed by atoms with E-state index in [4.69, 9.17) is 15.6 Å². The molecule has 1 aromatic rings. The molecule has 0 spiro atoms. The van der Waals surface area contributed by atoms with Crippen molar-refractivity contribution >= 4 is 23.5 Å². The Balaban J connectivity index is 0.000000381. The summed E-state index contributed by atoms with van der Waals surface area (Å²) in [6.45, 7) is 1.82. The number of anilines is 1. The number of pyridine rings is 1. The first-order valence-corrected chi connectivity index (χ1v) is 7.15. The summed E-state index contributed by atoms with van der Waals surface area (Å²) in [6.07, 6.45) is -1.15. The quantitative estimate of drug-likeness (QED) is 0.654. The smallest absolute Gasteiger partial charge is 0.475 e. The van der Waals surface area contributed by atoms with E-state index in [1.54, 1.807) is 17.3 Å². The first-order valence-electron chi connectivity index (χ1n) is 7.15. The fraction of sp³-hybridized carbons (Fsp3) is 0.429. The van der Waals surface area contributed by atoms with Gasteiger partial charge in [0.05, 0.1) is 0 Å². The molecule has 1 fully saturated rings. The van der Waals surface area contributed by atoms with E-state index in [1.165, 1.54) is 0 Å². The Morgan fingerprint density at radius 1 is 1.36 bits per heavy atom. The van der Waals surface area contributed by atoms with Crippen LogP contribution >= 0.6 is 0 Å². The van der Waals surface area contributed by atoms with Crippen LogP contribution in [0.15, 0.2) is 24.5 Å². The molecule has 138 valence electrons. The lowest BCUT2D eigenvalue weighted by Gasteiger charge is -2.16. The van der Waals surface area contributed by atoms with Gasteiger partial charge in [-0.1, -0.05) is 0 Å². The number of rotatable bonds is 5. The molecule has 1 aromatic heterocycles. The van der Waals surface area contributed by atoms with Crippen molar-refractivity contribution in [2.45, 2.75) is 12.6 Å². The molecular weight excluding hydrogens is 345 g/mol. The summed E-state index contributed by atoms with van der Waals surface area (Å²) in [6, 6.07) is 3.72. The summed E-state index contributed by atoms with van der Waals surface area (Å²) in [5.41, 5.74) is 6.12. The third kappa shape index (κ3) is 6.65. The summed E-state index contributed by atoms with van der Waals surface area (Å²) in [7, 11) is 0. The fourth-order valence-electron chi connectivity index (χ4n) is 2.03. The monoisotopic (exact) mass is 362 g/mol. The van der Waals surface area contributed by atoms with E-state index in [0.29, 0.717) is 26.1 Å². The van der Waals surface area contributed by atoms with Gasteiger partial charge in [0.15, 0.2) is 0 Å². The maximum Gasteiger partial charge on any atom is 0.490 e. The summed E-state index contributed by atoms with van der Waals surface area (Å²) in [5.74, 6) is -4.07. The molecule has 2 rings (SSSR count). The molecule has 25 heavy (non-hydrogen) atoms. The Hall–Kier alpha value is -2.85. The Kier molecular flexibility index (Phi) is 7.15. The van der Waals surface area contributed by atoms with Gasteiger partial charge in [0.1, 0.15) is 5.92 Å². The maximum atomic E-state index is 11.8. The highest BCUT2D eigenvalue weighted by molar-refractivity contribution is 6.00. The van der Waals surface area contributed by atoms with Crippen LogP contribution in [0, 0.1) is 5.92 Å². The largest absolute Gasteiger partial charge is 0.490 e. The molecule has 1 saturated heterocycles. The number of nitrogens with zero attached hydrogens (tertiary/aromatic N) is 2.